The molecule has 14 heavy (non-hydrogen) atoms. The molecule has 0 saturated carbocycles. The lowest BCUT2D eigenvalue weighted by Crippen LogP contribution is -1.86. The highest BCUT2D eigenvalue weighted by Crippen LogP contribution is 2.36. The topological polar surface area (TPSA) is 17.8 Å². The molecule has 0 amide bonds. The van der Waals surface area contributed by atoms with Crippen molar-refractivity contribution in [3.8, 4) is 0 Å². The highest BCUT2D eigenvalue weighted by Gasteiger charge is 2.14. The second-order valence-electron chi connectivity index (χ2n) is 2.79. The van der Waals surface area contributed by atoms with Crippen LogP contribution in [0.15, 0.2) is 6.07 Å². The molecule has 0 atom stereocenters. The van der Waals surface area contributed by atoms with Gasteiger partial charge in [0.15, 0.2) is 0 Å². The molecule has 0 unspecified atom stereocenters. The van der Waals surface area contributed by atoms with Crippen LogP contribution in [0.2, 0.25) is 20.4 Å². The van der Waals surface area contributed by atoms with E-state index in [-0.39, 0.29) is 0 Å². The molecule has 0 radical (unpaired) electrons. The summed E-state index contributed by atoms with van der Waals surface area (Å²) in [5.74, 6) is 0. The van der Waals surface area contributed by atoms with Crippen molar-refractivity contribution in [3.05, 3.63) is 26.4 Å². The van der Waals surface area contributed by atoms with Crippen molar-refractivity contribution in [2.24, 2.45) is 7.05 Å². The van der Waals surface area contributed by atoms with Gasteiger partial charge in [-0.25, -0.2) is 4.98 Å². The molecule has 0 aliphatic carbocycles. The molecule has 0 aliphatic heterocycles. The average molecular weight is 270 g/mol. The van der Waals surface area contributed by atoms with Gasteiger partial charge in [-0.05, 0) is 17.7 Å². The van der Waals surface area contributed by atoms with Gasteiger partial charge in [-0.3, -0.25) is 0 Å². The summed E-state index contributed by atoms with van der Waals surface area (Å²) in [6, 6.07) is 1.68. The van der Waals surface area contributed by atoms with E-state index in [1.54, 1.807) is 17.7 Å². The molecule has 2 nitrogen and oxygen atoms in total. The quantitative estimate of drug-likeness (QED) is 0.656. The van der Waals surface area contributed by atoms with Gasteiger partial charge >= 0.3 is 0 Å². The van der Waals surface area contributed by atoms with Gasteiger partial charge in [0, 0.05) is 7.05 Å². The number of imidazole rings is 1. The third-order valence-electron chi connectivity index (χ3n) is 1.96. The summed E-state index contributed by atoms with van der Waals surface area (Å²) in [6.07, 6.45) is 0. The average Bonchev–Trinajstić information content (AvgIpc) is 2.42. The van der Waals surface area contributed by atoms with Crippen LogP contribution in [0.4, 0.5) is 0 Å². The number of nitrogens with zero attached hydrogens (tertiary/aromatic N) is 2. The summed E-state index contributed by atoms with van der Waals surface area (Å²) in [6.45, 7) is 0. The molecule has 1 aromatic heterocycles. The number of fused-ring (bicyclic) bond motifs is 1. The van der Waals surface area contributed by atoms with E-state index in [4.69, 9.17) is 46.4 Å². The zero-order valence-corrected chi connectivity index (χ0v) is 10.0. The lowest BCUT2D eigenvalue weighted by Gasteiger charge is -2.00. The Morgan fingerprint density at radius 2 is 1.79 bits per heavy atom. The van der Waals surface area contributed by atoms with Crippen LogP contribution in [-0.4, -0.2) is 9.55 Å². The molecule has 1 aromatic carbocycles. The van der Waals surface area contributed by atoms with Gasteiger partial charge in [-0.15, -0.1) is 0 Å². The van der Waals surface area contributed by atoms with Crippen molar-refractivity contribution >= 4 is 57.4 Å². The number of aromatic nitrogens is 2. The molecule has 0 bridgehead atoms. The number of hydrogen-bond donors (Lipinski definition) is 0. The summed E-state index contributed by atoms with van der Waals surface area (Å²) in [5.41, 5.74) is 1.32. The summed E-state index contributed by atoms with van der Waals surface area (Å²) < 4.78 is 1.69. The fourth-order valence-corrected chi connectivity index (χ4v) is 2.01. The van der Waals surface area contributed by atoms with Crippen LogP contribution in [-0.2, 0) is 7.05 Å². The summed E-state index contributed by atoms with van der Waals surface area (Å²) in [7, 11) is 1.78. The van der Waals surface area contributed by atoms with Crippen molar-refractivity contribution in [1.82, 2.24) is 9.55 Å². The minimum absolute atomic E-state index is 0.301. The largest absolute Gasteiger partial charge is 0.318 e. The highest BCUT2D eigenvalue weighted by atomic mass is 35.5. The number of hydrogen-bond acceptors (Lipinski definition) is 1. The van der Waals surface area contributed by atoms with E-state index in [0.717, 1.165) is 5.52 Å². The second-order valence-corrected chi connectivity index (χ2v) is 4.30. The Labute approximate surface area is 100 Å². The molecule has 74 valence electrons. The fraction of sp³-hybridized carbons (Fsp3) is 0.125. The molecule has 0 spiro atoms. The van der Waals surface area contributed by atoms with Crippen LogP contribution < -0.4 is 0 Å². The maximum atomic E-state index is 5.97. The Balaban J connectivity index is 2.98. The lowest BCUT2D eigenvalue weighted by atomic mass is 10.3. The maximum absolute atomic E-state index is 5.97. The monoisotopic (exact) mass is 268 g/mol. The maximum Gasteiger partial charge on any atom is 0.203 e. The Morgan fingerprint density at radius 3 is 2.43 bits per heavy atom. The molecule has 0 fully saturated rings. The first-order valence-electron chi connectivity index (χ1n) is 3.67. The van der Waals surface area contributed by atoms with Gasteiger partial charge in [0.2, 0.25) is 5.28 Å². The first-order chi connectivity index (χ1) is 6.52. The first kappa shape index (κ1) is 10.4. The minimum atomic E-state index is 0.301. The van der Waals surface area contributed by atoms with E-state index < -0.39 is 0 Å². The molecular formula is C8H4Cl4N2. The normalized spacial score (nSPS) is 11.2. The van der Waals surface area contributed by atoms with Crippen LogP contribution in [0, 0.1) is 0 Å². The summed E-state index contributed by atoms with van der Waals surface area (Å²) >= 11 is 23.5. The zero-order valence-electron chi connectivity index (χ0n) is 6.98. The molecule has 6 heteroatoms. The number of rotatable bonds is 0. The Hall–Kier alpha value is -0.150. The second kappa shape index (κ2) is 3.46. The molecule has 2 aromatic rings. The molecule has 2 rings (SSSR count). The third kappa shape index (κ3) is 1.38. The Bertz CT molecular complexity index is 518. The minimum Gasteiger partial charge on any atom is -0.318 e. The van der Waals surface area contributed by atoms with Crippen molar-refractivity contribution in [2.45, 2.75) is 0 Å². The smallest absolute Gasteiger partial charge is 0.203 e. The van der Waals surface area contributed by atoms with Crippen LogP contribution in [0.5, 0.6) is 0 Å². The Kier molecular flexibility index (Phi) is 2.56. The van der Waals surface area contributed by atoms with Gasteiger partial charge in [-0.1, -0.05) is 34.8 Å². The van der Waals surface area contributed by atoms with Crippen LogP contribution >= 0.6 is 46.4 Å². The molecule has 0 aliphatic rings. The van der Waals surface area contributed by atoms with E-state index in [1.165, 1.54) is 0 Å². The van der Waals surface area contributed by atoms with E-state index in [1.807, 2.05) is 0 Å². The molecular weight excluding hydrogens is 266 g/mol. The number of aryl methyl sites for hydroxylation is 1. The van der Waals surface area contributed by atoms with Gasteiger partial charge in [-0.2, -0.15) is 0 Å². The summed E-state index contributed by atoms with van der Waals surface area (Å²) in [5, 5.41) is 1.37. The van der Waals surface area contributed by atoms with Gasteiger partial charge in [0.1, 0.15) is 5.52 Å². The van der Waals surface area contributed by atoms with Gasteiger partial charge < -0.3 is 4.57 Å². The predicted octanol–water partition coefficient (Wildman–Crippen LogP) is 4.19. The zero-order chi connectivity index (χ0) is 10.5. The van der Waals surface area contributed by atoms with E-state index >= 15 is 0 Å². The lowest BCUT2D eigenvalue weighted by molar-refractivity contribution is 0.949. The predicted molar refractivity (Wildman–Crippen MR) is 60.8 cm³/mol. The SMILES string of the molecule is Cn1c(Cl)nc2c(Cl)c(Cl)c(Cl)cc21. The Morgan fingerprint density at radius 1 is 1.14 bits per heavy atom. The van der Waals surface area contributed by atoms with E-state index in [2.05, 4.69) is 4.98 Å². The third-order valence-corrected chi connectivity index (χ3v) is 3.55. The molecule has 0 saturated heterocycles. The fourth-order valence-electron chi connectivity index (χ4n) is 1.20. The van der Waals surface area contributed by atoms with Crippen molar-refractivity contribution in [1.29, 1.82) is 0 Å². The molecule has 1 heterocycles. The van der Waals surface area contributed by atoms with Gasteiger partial charge in [0.25, 0.3) is 0 Å². The van der Waals surface area contributed by atoms with Crippen LogP contribution in [0.25, 0.3) is 11.0 Å². The summed E-state index contributed by atoms with van der Waals surface area (Å²) in [4.78, 5) is 4.07. The van der Waals surface area contributed by atoms with Crippen LogP contribution in [0.3, 0.4) is 0 Å². The van der Waals surface area contributed by atoms with Crippen LogP contribution in [0.1, 0.15) is 0 Å². The standard InChI is InChI=1S/C8H4Cl4N2/c1-14-4-2-3(9)5(10)6(11)7(4)13-8(14)12/h2H,1H3. The van der Waals surface area contributed by atoms with E-state index in [0.29, 0.717) is 25.9 Å². The number of benzene rings is 1. The molecule has 0 N–H and O–H groups in total. The van der Waals surface area contributed by atoms with Gasteiger partial charge in [0.05, 0.1) is 20.6 Å². The highest BCUT2D eigenvalue weighted by molar-refractivity contribution is 6.50. The van der Waals surface area contributed by atoms with Crippen molar-refractivity contribution in [3.63, 3.8) is 0 Å². The first-order valence-corrected chi connectivity index (χ1v) is 5.19. The van der Waals surface area contributed by atoms with E-state index in [9.17, 15) is 0 Å². The number of halogens is 4. The van der Waals surface area contributed by atoms with Crippen molar-refractivity contribution < 1.29 is 0 Å². The van der Waals surface area contributed by atoms with Crippen molar-refractivity contribution in [2.75, 3.05) is 0 Å².